The average Bonchev–Trinajstić information content (AvgIpc) is 3.26. The molecule has 0 saturated heterocycles. The molecule has 35 heavy (non-hydrogen) atoms. The Morgan fingerprint density at radius 3 is 2.40 bits per heavy atom. The van der Waals surface area contributed by atoms with Crippen LogP contribution in [0.5, 0.6) is 0 Å². The third kappa shape index (κ3) is 3.92. The molecule has 5 nitrogen and oxygen atoms in total. The van der Waals surface area contributed by atoms with Gasteiger partial charge in [-0.1, -0.05) is 72.3 Å². The van der Waals surface area contributed by atoms with Crippen molar-refractivity contribution in [2.24, 2.45) is 5.92 Å². The van der Waals surface area contributed by atoms with Crippen molar-refractivity contribution < 1.29 is 4.79 Å². The van der Waals surface area contributed by atoms with Crippen LogP contribution < -0.4 is 5.32 Å². The number of hydrogen-bond acceptors (Lipinski definition) is 3. The highest BCUT2D eigenvalue weighted by Gasteiger charge is 2.42. The SMILES string of the molecule is Cc1cccc(-c2n[nH]c(=S)n2CCC(=O)NCC2CC3c4ccccc4C2c2ccccc23)c1. The van der Waals surface area contributed by atoms with Crippen LogP contribution in [0.15, 0.2) is 72.8 Å². The summed E-state index contributed by atoms with van der Waals surface area (Å²) in [5.41, 5.74) is 7.91. The first-order valence-corrected chi connectivity index (χ1v) is 12.7. The van der Waals surface area contributed by atoms with Gasteiger partial charge in [0.05, 0.1) is 0 Å². The molecule has 3 aromatic carbocycles. The van der Waals surface area contributed by atoms with Gasteiger partial charge in [-0.05, 0) is 59.8 Å². The minimum atomic E-state index is 0.0475. The van der Waals surface area contributed by atoms with Crippen LogP contribution in [0.25, 0.3) is 11.4 Å². The zero-order valence-corrected chi connectivity index (χ0v) is 20.5. The van der Waals surface area contributed by atoms with E-state index in [2.05, 4.69) is 83.1 Å². The highest BCUT2D eigenvalue weighted by Crippen LogP contribution is 2.55. The Morgan fingerprint density at radius 1 is 1.03 bits per heavy atom. The Bertz CT molecular complexity index is 1420. The van der Waals surface area contributed by atoms with Crippen molar-refractivity contribution in [3.8, 4) is 11.4 Å². The molecule has 7 rings (SSSR count). The number of benzene rings is 3. The molecule has 1 amide bonds. The maximum Gasteiger partial charge on any atom is 0.221 e. The molecular formula is C29H28N4OS. The lowest BCUT2D eigenvalue weighted by atomic mass is 9.59. The smallest absolute Gasteiger partial charge is 0.221 e. The summed E-state index contributed by atoms with van der Waals surface area (Å²) in [6.07, 6.45) is 1.43. The molecule has 0 aliphatic heterocycles. The van der Waals surface area contributed by atoms with Crippen LogP contribution in [-0.4, -0.2) is 27.2 Å². The van der Waals surface area contributed by atoms with E-state index >= 15 is 0 Å². The van der Waals surface area contributed by atoms with Crippen molar-refractivity contribution in [3.63, 3.8) is 0 Å². The number of fused-ring (bicyclic) bond motifs is 1. The Balaban J connectivity index is 1.15. The number of nitrogens with zero attached hydrogens (tertiary/aromatic N) is 2. The van der Waals surface area contributed by atoms with Gasteiger partial charge in [-0.15, -0.1) is 0 Å². The quantitative estimate of drug-likeness (QED) is 0.347. The molecule has 176 valence electrons. The fraction of sp³-hybridized carbons (Fsp3) is 0.276. The number of nitrogens with one attached hydrogen (secondary N) is 2. The summed E-state index contributed by atoms with van der Waals surface area (Å²) in [5.74, 6) is 1.96. The van der Waals surface area contributed by atoms with Gasteiger partial charge in [0.1, 0.15) is 0 Å². The summed E-state index contributed by atoms with van der Waals surface area (Å²) in [7, 11) is 0. The fourth-order valence-electron chi connectivity index (χ4n) is 6.04. The van der Waals surface area contributed by atoms with Crippen LogP contribution in [0.2, 0.25) is 0 Å². The molecule has 3 aliphatic rings. The van der Waals surface area contributed by atoms with Crippen molar-refractivity contribution in [1.29, 1.82) is 0 Å². The number of amides is 1. The lowest BCUT2D eigenvalue weighted by Crippen LogP contribution is -2.39. The lowest BCUT2D eigenvalue weighted by Gasteiger charge is -2.45. The largest absolute Gasteiger partial charge is 0.356 e. The number of aryl methyl sites for hydroxylation is 1. The molecule has 1 unspecified atom stereocenters. The Kier molecular flexibility index (Phi) is 5.61. The van der Waals surface area contributed by atoms with Gasteiger partial charge in [0.25, 0.3) is 0 Å². The first-order valence-electron chi connectivity index (χ1n) is 12.3. The molecule has 0 fully saturated rings. The van der Waals surface area contributed by atoms with Gasteiger partial charge >= 0.3 is 0 Å². The second-order valence-electron chi connectivity index (χ2n) is 9.71. The van der Waals surface area contributed by atoms with E-state index in [4.69, 9.17) is 12.2 Å². The third-order valence-corrected chi connectivity index (χ3v) is 7.89. The van der Waals surface area contributed by atoms with Crippen molar-refractivity contribution >= 4 is 18.1 Å². The van der Waals surface area contributed by atoms with E-state index < -0.39 is 0 Å². The standard InChI is InChI=1S/C29H28N4OS/c1-18-7-6-8-19(15-18)28-31-32-29(35)33(28)14-13-26(34)30-17-20-16-25-21-9-2-4-11-23(21)27(20)24-12-5-3-10-22(24)25/h2-12,15,20,25,27H,13-14,16-17H2,1H3,(H,30,34)(H,32,35). The molecule has 2 bridgehead atoms. The fourth-order valence-corrected chi connectivity index (χ4v) is 6.26. The van der Waals surface area contributed by atoms with E-state index in [1.807, 2.05) is 16.7 Å². The van der Waals surface area contributed by atoms with Crippen LogP contribution in [0.1, 0.15) is 52.5 Å². The molecule has 2 N–H and O–H groups in total. The predicted octanol–water partition coefficient (Wildman–Crippen LogP) is 5.72. The van der Waals surface area contributed by atoms with E-state index in [0.717, 1.165) is 23.4 Å². The van der Waals surface area contributed by atoms with Gasteiger partial charge < -0.3 is 5.32 Å². The van der Waals surface area contributed by atoms with E-state index in [0.29, 0.717) is 42.0 Å². The predicted molar refractivity (Wildman–Crippen MR) is 140 cm³/mol. The minimum absolute atomic E-state index is 0.0475. The van der Waals surface area contributed by atoms with Crippen molar-refractivity contribution in [3.05, 3.63) is 105 Å². The molecule has 1 heterocycles. The molecule has 3 aliphatic carbocycles. The maximum atomic E-state index is 12.9. The molecule has 0 saturated carbocycles. The number of aromatic amines is 1. The first kappa shape index (κ1) is 22.0. The summed E-state index contributed by atoms with van der Waals surface area (Å²) in [6, 6.07) is 25.8. The van der Waals surface area contributed by atoms with Crippen LogP contribution >= 0.6 is 12.2 Å². The summed E-state index contributed by atoms with van der Waals surface area (Å²) in [5, 5.41) is 10.5. The zero-order chi connectivity index (χ0) is 23.9. The second kappa shape index (κ2) is 8.93. The highest BCUT2D eigenvalue weighted by molar-refractivity contribution is 7.71. The topological polar surface area (TPSA) is 62.7 Å². The van der Waals surface area contributed by atoms with Gasteiger partial charge in [0.15, 0.2) is 10.6 Å². The molecule has 1 atom stereocenters. The van der Waals surface area contributed by atoms with Gasteiger partial charge in [-0.2, -0.15) is 5.10 Å². The number of hydrogen-bond donors (Lipinski definition) is 2. The Hall–Kier alpha value is -3.51. The number of rotatable bonds is 6. The number of carbonyl (C=O) groups is 1. The summed E-state index contributed by atoms with van der Waals surface area (Å²) in [4.78, 5) is 12.9. The number of H-pyrrole nitrogens is 1. The van der Waals surface area contributed by atoms with Gasteiger partial charge in [0, 0.05) is 36.9 Å². The van der Waals surface area contributed by atoms with Crippen LogP contribution in [0.4, 0.5) is 0 Å². The van der Waals surface area contributed by atoms with Crippen molar-refractivity contribution in [2.45, 2.75) is 38.1 Å². The van der Waals surface area contributed by atoms with E-state index in [-0.39, 0.29) is 5.91 Å². The second-order valence-corrected chi connectivity index (χ2v) is 10.1. The Labute approximate surface area is 210 Å². The zero-order valence-electron chi connectivity index (χ0n) is 19.7. The van der Waals surface area contributed by atoms with Gasteiger partial charge in [-0.3, -0.25) is 14.5 Å². The molecule has 0 spiro atoms. The first-order chi connectivity index (χ1) is 17.1. The highest BCUT2D eigenvalue weighted by atomic mass is 32.1. The number of aromatic nitrogens is 3. The van der Waals surface area contributed by atoms with Gasteiger partial charge in [0.2, 0.25) is 5.91 Å². The molecule has 4 aromatic rings. The summed E-state index contributed by atoms with van der Waals surface area (Å²) in [6.45, 7) is 3.23. The normalized spacial score (nSPS) is 19.7. The van der Waals surface area contributed by atoms with Gasteiger partial charge in [-0.25, -0.2) is 0 Å². The summed E-state index contributed by atoms with van der Waals surface area (Å²) < 4.78 is 2.45. The van der Waals surface area contributed by atoms with Crippen LogP contribution in [0.3, 0.4) is 0 Å². The lowest BCUT2D eigenvalue weighted by molar-refractivity contribution is -0.121. The average molecular weight is 481 g/mol. The van der Waals surface area contributed by atoms with E-state index in [1.54, 1.807) is 0 Å². The number of carbonyl (C=O) groups excluding carboxylic acids is 1. The molecular weight excluding hydrogens is 452 g/mol. The third-order valence-electron chi connectivity index (χ3n) is 7.58. The molecule has 6 heteroatoms. The van der Waals surface area contributed by atoms with Crippen molar-refractivity contribution in [2.75, 3.05) is 6.54 Å². The van der Waals surface area contributed by atoms with Crippen LogP contribution in [-0.2, 0) is 11.3 Å². The Morgan fingerprint density at radius 2 is 1.71 bits per heavy atom. The monoisotopic (exact) mass is 480 g/mol. The van der Waals surface area contributed by atoms with E-state index in [1.165, 1.54) is 22.3 Å². The summed E-state index contributed by atoms with van der Waals surface area (Å²) >= 11 is 5.45. The van der Waals surface area contributed by atoms with E-state index in [9.17, 15) is 4.79 Å². The van der Waals surface area contributed by atoms with Crippen molar-refractivity contribution in [1.82, 2.24) is 20.1 Å². The van der Waals surface area contributed by atoms with Crippen LogP contribution in [0, 0.1) is 17.6 Å². The maximum absolute atomic E-state index is 12.9. The molecule has 0 radical (unpaired) electrons. The molecule has 1 aromatic heterocycles. The minimum Gasteiger partial charge on any atom is -0.356 e.